The van der Waals surface area contributed by atoms with E-state index in [4.69, 9.17) is 9.47 Å². The first kappa shape index (κ1) is 15.1. The average Bonchev–Trinajstić information content (AvgIpc) is 2.48. The van der Waals surface area contributed by atoms with Gasteiger partial charge in [-0.05, 0) is 31.9 Å². The summed E-state index contributed by atoms with van der Waals surface area (Å²) in [6, 6.07) is 5.60. The second kappa shape index (κ2) is 7.50. The van der Waals surface area contributed by atoms with Crippen molar-refractivity contribution < 1.29 is 14.6 Å². The molecule has 1 heterocycles. The zero-order chi connectivity index (χ0) is 14.4. The van der Waals surface area contributed by atoms with Gasteiger partial charge in [-0.2, -0.15) is 0 Å². The molecule has 20 heavy (non-hydrogen) atoms. The topological polar surface area (TPSA) is 41.9 Å². The molecule has 1 atom stereocenters. The van der Waals surface area contributed by atoms with Crippen LogP contribution in [0.15, 0.2) is 18.2 Å². The van der Waals surface area contributed by atoms with Crippen LogP contribution < -0.4 is 4.74 Å². The highest BCUT2D eigenvalue weighted by Gasteiger charge is 2.20. The zero-order valence-electron chi connectivity index (χ0n) is 12.5. The smallest absolute Gasteiger partial charge is 0.123 e. The first-order valence-electron chi connectivity index (χ1n) is 7.42. The van der Waals surface area contributed by atoms with Crippen LogP contribution in [0.25, 0.3) is 0 Å². The minimum absolute atomic E-state index is 0.318. The number of nitrogens with zero attached hydrogens (tertiary/aromatic N) is 1. The Bertz CT molecular complexity index is 422. The van der Waals surface area contributed by atoms with Gasteiger partial charge < -0.3 is 14.6 Å². The van der Waals surface area contributed by atoms with Crippen LogP contribution in [0.5, 0.6) is 11.5 Å². The summed E-state index contributed by atoms with van der Waals surface area (Å²) < 4.78 is 11.0. The molecule has 2 rings (SSSR count). The molecule has 1 unspecified atom stereocenters. The van der Waals surface area contributed by atoms with Gasteiger partial charge in [-0.25, -0.2) is 0 Å². The van der Waals surface area contributed by atoms with Crippen LogP contribution in [0.4, 0.5) is 0 Å². The lowest BCUT2D eigenvalue weighted by atomic mass is 10.1. The molecule has 1 aromatic carbocycles. The van der Waals surface area contributed by atoms with Gasteiger partial charge in [0.05, 0.1) is 12.7 Å². The number of aromatic hydroxyl groups is 1. The molecule has 0 spiro atoms. The zero-order valence-corrected chi connectivity index (χ0v) is 12.5. The third-order valence-electron chi connectivity index (χ3n) is 3.72. The summed E-state index contributed by atoms with van der Waals surface area (Å²) in [5, 5.41) is 10.1. The molecule has 0 bridgehead atoms. The fourth-order valence-corrected chi connectivity index (χ4v) is 2.58. The Morgan fingerprint density at radius 1 is 1.40 bits per heavy atom. The third kappa shape index (κ3) is 4.12. The Balaban J connectivity index is 1.95. The van der Waals surface area contributed by atoms with Gasteiger partial charge in [0.25, 0.3) is 0 Å². The summed E-state index contributed by atoms with van der Waals surface area (Å²) in [6.07, 6.45) is 3.56. The van der Waals surface area contributed by atoms with Crippen molar-refractivity contribution in [2.75, 3.05) is 26.8 Å². The van der Waals surface area contributed by atoms with E-state index in [-0.39, 0.29) is 0 Å². The van der Waals surface area contributed by atoms with E-state index in [9.17, 15) is 5.11 Å². The standard InChI is InChI=1S/C16H25NO3/c1-3-9-20-14-7-6-13(16(18)10-14)11-17-8-4-5-15(12-17)19-2/h6-7,10,15,18H,3-5,8-9,11-12H2,1-2H3. The Morgan fingerprint density at radius 3 is 2.95 bits per heavy atom. The first-order valence-corrected chi connectivity index (χ1v) is 7.42. The van der Waals surface area contributed by atoms with Crippen molar-refractivity contribution in [3.05, 3.63) is 23.8 Å². The predicted octanol–water partition coefficient (Wildman–Crippen LogP) is 2.79. The van der Waals surface area contributed by atoms with Gasteiger partial charge in [0, 0.05) is 31.8 Å². The molecule has 1 aliphatic heterocycles. The van der Waals surface area contributed by atoms with Crippen LogP contribution in [0.2, 0.25) is 0 Å². The maximum atomic E-state index is 10.1. The van der Waals surface area contributed by atoms with E-state index >= 15 is 0 Å². The Hall–Kier alpha value is -1.26. The summed E-state index contributed by atoms with van der Waals surface area (Å²) in [6.45, 7) is 5.51. The molecule has 1 N–H and O–H groups in total. The largest absolute Gasteiger partial charge is 0.507 e. The molecule has 112 valence electrons. The molecule has 0 radical (unpaired) electrons. The molecule has 4 nitrogen and oxygen atoms in total. The Kier molecular flexibility index (Phi) is 5.68. The van der Waals surface area contributed by atoms with E-state index in [0.717, 1.165) is 50.2 Å². The molecule has 4 heteroatoms. The van der Waals surface area contributed by atoms with Crippen LogP contribution in [0.1, 0.15) is 31.7 Å². The highest BCUT2D eigenvalue weighted by atomic mass is 16.5. The van der Waals surface area contributed by atoms with E-state index in [1.165, 1.54) is 0 Å². The van der Waals surface area contributed by atoms with Gasteiger partial charge in [0.2, 0.25) is 0 Å². The van der Waals surface area contributed by atoms with Crippen LogP contribution in [0.3, 0.4) is 0 Å². The summed E-state index contributed by atoms with van der Waals surface area (Å²) in [5.74, 6) is 1.06. The average molecular weight is 279 g/mol. The second-order valence-electron chi connectivity index (χ2n) is 5.37. The van der Waals surface area contributed by atoms with E-state index in [1.54, 1.807) is 13.2 Å². The maximum absolute atomic E-state index is 10.1. The van der Waals surface area contributed by atoms with Gasteiger partial charge in [0.1, 0.15) is 11.5 Å². The minimum atomic E-state index is 0.318. The molecule has 1 saturated heterocycles. The van der Waals surface area contributed by atoms with Crippen molar-refractivity contribution in [1.82, 2.24) is 4.90 Å². The molecule has 0 amide bonds. The lowest BCUT2D eigenvalue weighted by Gasteiger charge is -2.32. The quantitative estimate of drug-likeness (QED) is 0.869. The lowest BCUT2D eigenvalue weighted by molar-refractivity contribution is 0.0283. The third-order valence-corrected chi connectivity index (χ3v) is 3.72. The van der Waals surface area contributed by atoms with Crippen molar-refractivity contribution in [1.29, 1.82) is 0 Å². The van der Waals surface area contributed by atoms with Crippen LogP contribution in [0, 0.1) is 0 Å². The molecule has 1 aliphatic rings. The summed E-state index contributed by atoms with van der Waals surface area (Å²) in [4.78, 5) is 2.33. The van der Waals surface area contributed by atoms with E-state index in [1.807, 2.05) is 12.1 Å². The van der Waals surface area contributed by atoms with Gasteiger partial charge in [-0.1, -0.05) is 13.0 Å². The Labute approximate surface area is 121 Å². The normalized spacial score (nSPS) is 20.0. The van der Waals surface area contributed by atoms with Crippen molar-refractivity contribution in [3.8, 4) is 11.5 Å². The number of hydrogen-bond donors (Lipinski definition) is 1. The first-order chi connectivity index (χ1) is 9.72. The van der Waals surface area contributed by atoms with E-state index < -0.39 is 0 Å². The summed E-state index contributed by atoms with van der Waals surface area (Å²) in [7, 11) is 1.77. The SMILES string of the molecule is CCCOc1ccc(CN2CCCC(OC)C2)c(O)c1. The highest BCUT2D eigenvalue weighted by Crippen LogP contribution is 2.26. The fourth-order valence-electron chi connectivity index (χ4n) is 2.58. The summed E-state index contributed by atoms with van der Waals surface area (Å²) in [5.41, 5.74) is 0.950. The van der Waals surface area contributed by atoms with Crippen molar-refractivity contribution in [2.24, 2.45) is 0 Å². The number of rotatable bonds is 6. The monoisotopic (exact) mass is 279 g/mol. The number of likely N-dealkylation sites (tertiary alicyclic amines) is 1. The van der Waals surface area contributed by atoms with Crippen molar-refractivity contribution in [3.63, 3.8) is 0 Å². The highest BCUT2D eigenvalue weighted by molar-refractivity contribution is 5.39. The second-order valence-corrected chi connectivity index (χ2v) is 5.37. The Morgan fingerprint density at radius 2 is 2.25 bits per heavy atom. The lowest BCUT2D eigenvalue weighted by Crippen LogP contribution is -2.38. The van der Waals surface area contributed by atoms with E-state index in [2.05, 4.69) is 11.8 Å². The van der Waals surface area contributed by atoms with Crippen LogP contribution in [-0.4, -0.2) is 42.9 Å². The number of methoxy groups -OCH3 is 1. The fraction of sp³-hybridized carbons (Fsp3) is 0.625. The molecular formula is C16H25NO3. The number of ether oxygens (including phenoxy) is 2. The molecule has 1 aromatic rings. The van der Waals surface area contributed by atoms with Gasteiger partial charge in [0.15, 0.2) is 0 Å². The van der Waals surface area contributed by atoms with Crippen molar-refractivity contribution >= 4 is 0 Å². The maximum Gasteiger partial charge on any atom is 0.123 e. The predicted molar refractivity (Wildman–Crippen MR) is 79.2 cm³/mol. The van der Waals surface area contributed by atoms with Crippen LogP contribution in [-0.2, 0) is 11.3 Å². The van der Waals surface area contributed by atoms with Crippen molar-refractivity contribution in [2.45, 2.75) is 38.8 Å². The van der Waals surface area contributed by atoms with Gasteiger partial charge >= 0.3 is 0 Å². The number of hydrogen-bond acceptors (Lipinski definition) is 4. The minimum Gasteiger partial charge on any atom is -0.507 e. The molecule has 0 aromatic heterocycles. The van der Waals surface area contributed by atoms with Gasteiger partial charge in [-0.15, -0.1) is 0 Å². The van der Waals surface area contributed by atoms with E-state index in [0.29, 0.717) is 18.5 Å². The molecular weight excluding hydrogens is 254 g/mol. The number of benzene rings is 1. The molecule has 0 aliphatic carbocycles. The van der Waals surface area contributed by atoms with Crippen LogP contribution >= 0.6 is 0 Å². The summed E-state index contributed by atoms with van der Waals surface area (Å²) >= 11 is 0. The molecule has 0 saturated carbocycles. The number of phenols is 1. The molecule has 1 fully saturated rings. The number of phenolic OH excluding ortho intramolecular Hbond substituents is 1. The number of piperidine rings is 1. The van der Waals surface area contributed by atoms with Gasteiger partial charge in [-0.3, -0.25) is 4.90 Å².